The fraction of sp³-hybridized carbons (Fsp3) is 0.500. The van der Waals surface area contributed by atoms with Crippen LogP contribution in [-0.4, -0.2) is 113 Å². The van der Waals surface area contributed by atoms with E-state index in [-0.39, 0.29) is 33.6 Å². The predicted octanol–water partition coefficient (Wildman–Crippen LogP) is 7.60. The Morgan fingerprint density at radius 3 is 2.00 bits per heavy atom. The maximum atomic E-state index is 11.3. The SMILES string of the molecule is CCOCCNC1CCc2cc(N)c(OC)cc2C1.COC1=C/C=C/CCC(=O)CC=C1.COc1cc2c(cc1[N+](=O)[O-])CCC(=O)C2.COc1cc2c(cc1[N+](=O)[O-])CCC(N1CCOCC1)C2. The summed E-state index contributed by atoms with van der Waals surface area (Å²) in [5.74, 6) is 2.60. The Morgan fingerprint density at radius 1 is 0.725 bits per heavy atom. The van der Waals surface area contributed by atoms with Gasteiger partial charge in [0.05, 0.1) is 63.8 Å². The highest BCUT2D eigenvalue weighted by atomic mass is 16.6. The maximum absolute atomic E-state index is 11.3. The number of methoxy groups -OCH3 is 4. The van der Waals surface area contributed by atoms with Gasteiger partial charge in [0, 0.05) is 76.1 Å². The lowest BCUT2D eigenvalue weighted by Crippen LogP contribution is -2.45. The van der Waals surface area contributed by atoms with Crippen molar-refractivity contribution in [3.8, 4) is 17.2 Å². The minimum absolute atomic E-state index is 0.0319. The van der Waals surface area contributed by atoms with E-state index in [0.29, 0.717) is 49.9 Å². The molecule has 2 unspecified atom stereocenters. The molecular formula is C52H69N5O12. The third-order valence-corrected chi connectivity index (χ3v) is 12.7. The van der Waals surface area contributed by atoms with Gasteiger partial charge in [0.1, 0.15) is 23.1 Å². The number of nitro benzene ring substituents is 2. The lowest BCUT2D eigenvalue weighted by atomic mass is 9.86. The van der Waals surface area contributed by atoms with E-state index in [1.807, 2.05) is 43.4 Å². The summed E-state index contributed by atoms with van der Waals surface area (Å²) in [5.41, 5.74) is 13.4. The molecule has 0 bridgehead atoms. The Morgan fingerprint density at radius 2 is 1.35 bits per heavy atom. The van der Waals surface area contributed by atoms with Gasteiger partial charge in [-0.05, 0) is 128 Å². The molecule has 4 aliphatic carbocycles. The number of fused-ring (bicyclic) bond motifs is 3. The van der Waals surface area contributed by atoms with Crippen LogP contribution in [-0.2, 0) is 62.3 Å². The van der Waals surface area contributed by atoms with Gasteiger partial charge in [0.25, 0.3) is 0 Å². The number of nitrogens with one attached hydrogen (secondary N) is 1. The Balaban J connectivity index is 0.000000174. The number of carbonyl (C=O) groups excluding carboxylic acids is 2. The Bertz CT molecular complexity index is 2320. The summed E-state index contributed by atoms with van der Waals surface area (Å²) in [6.45, 7) is 8.05. The molecule has 3 aromatic carbocycles. The second kappa shape index (κ2) is 27.8. The van der Waals surface area contributed by atoms with Crippen LogP contribution in [0.5, 0.6) is 17.2 Å². The van der Waals surface area contributed by atoms with Gasteiger partial charge in [-0.15, -0.1) is 0 Å². The number of carbonyl (C=O) groups is 2. The van der Waals surface area contributed by atoms with Gasteiger partial charge in [0.15, 0.2) is 11.5 Å². The van der Waals surface area contributed by atoms with Crippen LogP contribution < -0.4 is 25.3 Å². The first-order valence-electron chi connectivity index (χ1n) is 23.7. The van der Waals surface area contributed by atoms with Crippen molar-refractivity contribution in [1.82, 2.24) is 10.2 Å². The van der Waals surface area contributed by atoms with Crippen molar-refractivity contribution < 1.29 is 47.9 Å². The van der Waals surface area contributed by atoms with Crippen LogP contribution in [0.2, 0.25) is 0 Å². The first kappa shape index (κ1) is 53.8. The molecule has 5 aliphatic rings. The third-order valence-electron chi connectivity index (χ3n) is 12.7. The highest BCUT2D eigenvalue weighted by Gasteiger charge is 2.29. The standard InChI is InChI=1S/C15H20N2O4.C15H24N2O2.C11H11NO4.C11H14O2/c1-20-15-10-12-8-13(16-4-6-21-7-5-16)3-2-11(12)9-14(15)17(18)19;1-3-19-7-6-17-13-5-4-11-9-14(16)15(18-2)10-12(11)8-13;1-16-11-6-8-4-9(13)3-2-7(8)5-10(11)12(14)15;1-13-11-8-4-2-3-6-10(12)7-5-9-11/h9-10,13H,2-8H2,1H3;9-10,13,17H,3-8,16H2,1-2H3;5-6H,2-4H2,1H3;2,4-5,8-9H,3,6-7H2,1H3/b;;;4-2+,9-5?,11-8?. The number of nitrogens with two attached hydrogens (primary N) is 1. The molecule has 1 aliphatic heterocycles. The van der Waals surface area contributed by atoms with Crippen molar-refractivity contribution in [2.45, 2.75) is 96.1 Å². The number of ketones is 2. The van der Waals surface area contributed by atoms with Gasteiger partial charge in [0.2, 0.25) is 0 Å². The minimum atomic E-state index is -0.463. The van der Waals surface area contributed by atoms with Gasteiger partial charge in [-0.1, -0.05) is 18.2 Å². The lowest BCUT2D eigenvalue weighted by Gasteiger charge is -2.37. The predicted molar refractivity (Wildman–Crippen MR) is 264 cm³/mol. The molecule has 69 heavy (non-hydrogen) atoms. The zero-order valence-electron chi connectivity index (χ0n) is 40.8. The molecule has 2 atom stereocenters. The molecule has 0 spiro atoms. The second-order valence-corrected chi connectivity index (χ2v) is 17.2. The van der Waals surface area contributed by atoms with E-state index in [1.54, 1.807) is 26.4 Å². The second-order valence-electron chi connectivity index (χ2n) is 17.2. The molecule has 3 aromatic rings. The van der Waals surface area contributed by atoms with Crippen LogP contribution >= 0.6 is 0 Å². The van der Waals surface area contributed by atoms with E-state index >= 15 is 0 Å². The molecule has 1 heterocycles. The highest BCUT2D eigenvalue weighted by molar-refractivity contribution is 5.83. The largest absolute Gasteiger partial charge is 0.497 e. The van der Waals surface area contributed by atoms with Crippen molar-refractivity contribution in [3.63, 3.8) is 0 Å². The smallest absolute Gasteiger partial charge is 0.311 e. The molecular weight excluding hydrogens is 887 g/mol. The molecule has 374 valence electrons. The molecule has 3 N–H and O–H groups in total. The summed E-state index contributed by atoms with van der Waals surface area (Å²) in [6, 6.07) is 11.8. The fourth-order valence-corrected chi connectivity index (χ4v) is 8.99. The number of hydrogen-bond donors (Lipinski definition) is 2. The van der Waals surface area contributed by atoms with Crippen LogP contribution in [0.1, 0.15) is 78.8 Å². The van der Waals surface area contributed by atoms with Crippen LogP contribution in [0.3, 0.4) is 0 Å². The highest BCUT2D eigenvalue weighted by Crippen LogP contribution is 2.36. The van der Waals surface area contributed by atoms with E-state index in [1.165, 1.54) is 37.0 Å². The number of nitro groups is 2. The van der Waals surface area contributed by atoms with Crippen molar-refractivity contribution >= 4 is 28.6 Å². The zero-order valence-corrected chi connectivity index (χ0v) is 40.8. The monoisotopic (exact) mass is 955 g/mol. The Hall–Kier alpha value is -6.14. The van der Waals surface area contributed by atoms with E-state index in [4.69, 9.17) is 34.2 Å². The van der Waals surface area contributed by atoms with Crippen molar-refractivity contribution in [2.75, 3.05) is 80.2 Å². The number of morpholine rings is 1. The molecule has 1 saturated heterocycles. The zero-order chi connectivity index (χ0) is 49.7. The summed E-state index contributed by atoms with van der Waals surface area (Å²) in [6.07, 6.45) is 19.0. The van der Waals surface area contributed by atoms with Crippen molar-refractivity contribution in [1.29, 1.82) is 0 Å². The number of anilines is 1. The normalized spacial score (nSPS) is 19.1. The van der Waals surface area contributed by atoms with E-state index < -0.39 is 4.92 Å². The summed E-state index contributed by atoms with van der Waals surface area (Å²) in [5, 5.41) is 25.4. The topological polar surface area (TPSA) is 217 Å². The summed E-state index contributed by atoms with van der Waals surface area (Å²) in [4.78, 5) is 45.9. The van der Waals surface area contributed by atoms with Crippen LogP contribution in [0, 0.1) is 20.2 Å². The fourth-order valence-electron chi connectivity index (χ4n) is 8.99. The van der Waals surface area contributed by atoms with Crippen molar-refractivity contribution in [2.24, 2.45) is 0 Å². The first-order chi connectivity index (χ1) is 33.4. The summed E-state index contributed by atoms with van der Waals surface area (Å²) >= 11 is 0. The Labute approximate surface area is 405 Å². The number of benzene rings is 3. The van der Waals surface area contributed by atoms with E-state index in [2.05, 4.69) is 22.3 Å². The number of allylic oxidation sites excluding steroid dienone is 5. The number of rotatable bonds is 12. The van der Waals surface area contributed by atoms with Gasteiger partial charge in [-0.3, -0.25) is 34.7 Å². The van der Waals surface area contributed by atoms with Gasteiger partial charge < -0.3 is 39.5 Å². The van der Waals surface area contributed by atoms with Crippen LogP contribution in [0.15, 0.2) is 72.5 Å². The van der Waals surface area contributed by atoms with Gasteiger partial charge >= 0.3 is 11.4 Å². The van der Waals surface area contributed by atoms with E-state index in [9.17, 15) is 29.8 Å². The third kappa shape index (κ3) is 16.2. The molecule has 17 nitrogen and oxygen atoms in total. The van der Waals surface area contributed by atoms with E-state index in [0.717, 1.165) is 125 Å². The number of Topliss-reactive ketones (excluding diaryl/α,β-unsaturated/α-hetero) is 2. The average Bonchev–Trinajstić information content (AvgIpc) is 3.36. The van der Waals surface area contributed by atoms with Crippen LogP contribution in [0.25, 0.3) is 0 Å². The molecule has 17 heteroatoms. The molecule has 8 rings (SSSR count). The minimum Gasteiger partial charge on any atom is -0.497 e. The molecule has 0 saturated carbocycles. The van der Waals surface area contributed by atoms with Gasteiger partial charge in [-0.25, -0.2) is 0 Å². The van der Waals surface area contributed by atoms with Gasteiger partial charge in [-0.2, -0.15) is 0 Å². The molecule has 1 fully saturated rings. The maximum Gasteiger partial charge on any atom is 0.311 e. The lowest BCUT2D eigenvalue weighted by molar-refractivity contribution is -0.386. The number of hydrogen-bond acceptors (Lipinski definition) is 15. The quantitative estimate of drug-likeness (QED) is 0.0773. The molecule has 0 amide bonds. The number of nitrogens with zero attached hydrogens (tertiary/aromatic N) is 3. The molecule has 0 aromatic heterocycles. The van der Waals surface area contributed by atoms with Crippen molar-refractivity contribution in [3.05, 3.63) is 126 Å². The number of nitrogen functional groups attached to an aromatic ring is 1. The Kier molecular flexibility index (Phi) is 21.6. The summed E-state index contributed by atoms with van der Waals surface area (Å²) in [7, 11) is 6.16. The number of aryl methyl sites for hydroxylation is 3. The number of ether oxygens (including phenoxy) is 6. The summed E-state index contributed by atoms with van der Waals surface area (Å²) < 4.78 is 31.2. The first-order valence-corrected chi connectivity index (χ1v) is 23.7. The average molecular weight is 956 g/mol. The van der Waals surface area contributed by atoms with Crippen LogP contribution in [0.4, 0.5) is 17.1 Å². The molecule has 0 radical (unpaired) electrons.